The summed E-state index contributed by atoms with van der Waals surface area (Å²) < 4.78 is 37.5. The van der Waals surface area contributed by atoms with Crippen molar-refractivity contribution in [1.29, 1.82) is 0 Å². The van der Waals surface area contributed by atoms with Crippen LogP contribution in [0.5, 0.6) is 0 Å². The molecule has 0 unspecified atom stereocenters. The number of allylic oxidation sites excluding steroid dienone is 3. The van der Waals surface area contributed by atoms with Crippen LogP contribution >= 0.6 is 11.6 Å². The van der Waals surface area contributed by atoms with Crippen LogP contribution in [0.25, 0.3) is 11.6 Å². The van der Waals surface area contributed by atoms with Crippen molar-refractivity contribution >= 4 is 29.0 Å². The molecule has 1 nitrogen and oxygen atoms in total. The molecule has 23 heavy (non-hydrogen) atoms. The van der Waals surface area contributed by atoms with Gasteiger partial charge in [0.2, 0.25) is 0 Å². The van der Waals surface area contributed by atoms with Gasteiger partial charge in [0.1, 0.15) is 0 Å². The SMILES string of the molecule is O=C(/C=C(/C=C/c1ccccc1)c1ccc(Cl)cc1)C(F)(F)F. The highest BCUT2D eigenvalue weighted by atomic mass is 35.5. The third kappa shape index (κ3) is 5.11. The Morgan fingerprint density at radius 3 is 2.13 bits per heavy atom. The van der Waals surface area contributed by atoms with E-state index in [1.165, 1.54) is 6.08 Å². The van der Waals surface area contributed by atoms with Crippen molar-refractivity contribution in [1.82, 2.24) is 0 Å². The van der Waals surface area contributed by atoms with Crippen molar-refractivity contribution in [3.05, 3.63) is 82.9 Å². The van der Waals surface area contributed by atoms with Crippen molar-refractivity contribution in [2.75, 3.05) is 0 Å². The van der Waals surface area contributed by atoms with E-state index in [1.807, 2.05) is 30.3 Å². The molecule has 0 saturated heterocycles. The second-order valence-corrected chi connectivity index (χ2v) is 5.15. The summed E-state index contributed by atoms with van der Waals surface area (Å²) in [6.07, 6.45) is -1.20. The third-order valence-electron chi connectivity index (χ3n) is 3.00. The summed E-state index contributed by atoms with van der Waals surface area (Å²) in [5.74, 6) is -1.90. The predicted octanol–water partition coefficient (Wildman–Crippen LogP) is 5.57. The number of benzene rings is 2. The molecule has 0 radical (unpaired) electrons. The van der Waals surface area contributed by atoms with E-state index in [0.717, 1.165) is 5.56 Å². The zero-order valence-corrected chi connectivity index (χ0v) is 12.6. The standard InChI is InChI=1S/C18H12ClF3O/c19-16-10-8-14(9-11-16)15(12-17(23)18(20,21)22)7-6-13-4-2-1-3-5-13/h1-12H/b7-6+,15-12-. The molecule has 5 heteroatoms. The van der Waals surface area contributed by atoms with E-state index in [9.17, 15) is 18.0 Å². The number of carbonyl (C=O) groups excluding carboxylic acids is 1. The van der Waals surface area contributed by atoms with E-state index >= 15 is 0 Å². The Morgan fingerprint density at radius 2 is 1.57 bits per heavy atom. The van der Waals surface area contributed by atoms with Gasteiger partial charge < -0.3 is 0 Å². The molecule has 2 rings (SSSR count). The minimum absolute atomic E-state index is 0.160. The quantitative estimate of drug-likeness (QED) is 0.527. The van der Waals surface area contributed by atoms with Gasteiger partial charge in [0, 0.05) is 5.02 Å². The Bertz CT molecular complexity index is 729. The fourth-order valence-corrected chi connectivity index (χ4v) is 1.97. The number of halogens is 4. The Morgan fingerprint density at radius 1 is 0.957 bits per heavy atom. The number of rotatable bonds is 4. The molecule has 0 saturated carbocycles. The van der Waals surface area contributed by atoms with Crippen LogP contribution in [0.4, 0.5) is 13.2 Å². The van der Waals surface area contributed by atoms with E-state index in [4.69, 9.17) is 11.6 Å². The largest absolute Gasteiger partial charge is 0.454 e. The minimum Gasteiger partial charge on any atom is -0.285 e. The Labute approximate surface area is 136 Å². The molecule has 2 aromatic carbocycles. The van der Waals surface area contributed by atoms with Gasteiger partial charge in [-0.1, -0.05) is 66.2 Å². The van der Waals surface area contributed by atoms with Crippen LogP contribution in [0.1, 0.15) is 11.1 Å². The molecule has 0 aliphatic heterocycles. The Hall–Kier alpha value is -2.33. The van der Waals surface area contributed by atoms with E-state index < -0.39 is 12.0 Å². The van der Waals surface area contributed by atoms with Gasteiger partial charge in [-0.25, -0.2) is 0 Å². The fraction of sp³-hybridized carbons (Fsp3) is 0.0556. The lowest BCUT2D eigenvalue weighted by Crippen LogP contribution is -2.20. The van der Waals surface area contributed by atoms with E-state index in [-0.39, 0.29) is 5.57 Å². The van der Waals surface area contributed by atoms with Gasteiger partial charge in [-0.3, -0.25) is 4.79 Å². The monoisotopic (exact) mass is 336 g/mol. The number of carbonyl (C=O) groups is 1. The van der Waals surface area contributed by atoms with Crippen molar-refractivity contribution < 1.29 is 18.0 Å². The summed E-state index contributed by atoms with van der Waals surface area (Å²) in [6.45, 7) is 0. The number of alkyl halides is 3. The van der Waals surface area contributed by atoms with E-state index in [0.29, 0.717) is 16.7 Å². The normalized spacial score (nSPS) is 12.6. The molecule has 0 spiro atoms. The zero-order chi connectivity index (χ0) is 16.9. The highest BCUT2D eigenvalue weighted by Crippen LogP contribution is 2.24. The van der Waals surface area contributed by atoms with Gasteiger partial charge in [-0.05, 0) is 34.9 Å². The Kier molecular flexibility index (Phi) is 5.40. The highest BCUT2D eigenvalue weighted by Gasteiger charge is 2.36. The summed E-state index contributed by atoms with van der Waals surface area (Å²) in [4.78, 5) is 11.3. The Balaban J connectivity index is 2.39. The van der Waals surface area contributed by atoms with Crippen LogP contribution in [0, 0.1) is 0 Å². The van der Waals surface area contributed by atoms with E-state index in [2.05, 4.69) is 0 Å². The molecule has 0 atom stereocenters. The van der Waals surface area contributed by atoms with E-state index in [1.54, 1.807) is 30.3 Å². The van der Waals surface area contributed by atoms with Gasteiger partial charge >= 0.3 is 6.18 Å². The third-order valence-corrected chi connectivity index (χ3v) is 3.25. The lowest BCUT2D eigenvalue weighted by molar-refractivity contribution is -0.165. The molecule has 0 N–H and O–H groups in total. The van der Waals surface area contributed by atoms with Crippen molar-refractivity contribution in [2.45, 2.75) is 6.18 Å². The first-order chi connectivity index (χ1) is 10.9. The first-order valence-corrected chi connectivity index (χ1v) is 7.06. The maximum Gasteiger partial charge on any atom is 0.454 e. The van der Waals surface area contributed by atoms with Crippen molar-refractivity contribution in [2.24, 2.45) is 0 Å². The smallest absolute Gasteiger partial charge is 0.285 e. The van der Waals surface area contributed by atoms with Crippen LogP contribution in [-0.2, 0) is 4.79 Å². The molecular weight excluding hydrogens is 325 g/mol. The maximum absolute atomic E-state index is 12.5. The van der Waals surface area contributed by atoms with Crippen LogP contribution in [0.2, 0.25) is 5.02 Å². The number of ketones is 1. The average molecular weight is 337 g/mol. The molecule has 0 aliphatic rings. The lowest BCUT2D eigenvalue weighted by atomic mass is 10.0. The maximum atomic E-state index is 12.5. The molecule has 0 aliphatic carbocycles. The number of hydrogen-bond acceptors (Lipinski definition) is 1. The summed E-state index contributed by atoms with van der Waals surface area (Å²) >= 11 is 5.78. The second-order valence-electron chi connectivity index (χ2n) is 4.71. The fourth-order valence-electron chi connectivity index (χ4n) is 1.84. The van der Waals surface area contributed by atoms with Gasteiger partial charge in [-0.15, -0.1) is 0 Å². The van der Waals surface area contributed by atoms with Gasteiger partial charge in [0.05, 0.1) is 0 Å². The molecule has 0 fully saturated rings. The van der Waals surface area contributed by atoms with Crippen LogP contribution in [0.15, 0.2) is 66.7 Å². The first kappa shape index (κ1) is 17.0. The van der Waals surface area contributed by atoms with Crippen LogP contribution in [0.3, 0.4) is 0 Å². The summed E-state index contributed by atoms with van der Waals surface area (Å²) in [6, 6.07) is 15.3. The molecule has 0 aromatic heterocycles. The van der Waals surface area contributed by atoms with Crippen molar-refractivity contribution in [3.63, 3.8) is 0 Å². The highest BCUT2D eigenvalue weighted by molar-refractivity contribution is 6.30. The number of hydrogen-bond donors (Lipinski definition) is 0. The topological polar surface area (TPSA) is 17.1 Å². The summed E-state index contributed by atoms with van der Waals surface area (Å²) in [7, 11) is 0. The lowest BCUT2D eigenvalue weighted by Gasteiger charge is -2.05. The van der Waals surface area contributed by atoms with Crippen molar-refractivity contribution in [3.8, 4) is 0 Å². The molecule has 0 bridgehead atoms. The molecule has 0 heterocycles. The molecular formula is C18H12ClF3O. The van der Waals surface area contributed by atoms with Gasteiger partial charge in [0.15, 0.2) is 0 Å². The molecule has 2 aromatic rings. The predicted molar refractivity (Wildman–Crippen MR) is 86.0 cm³/mol. The summed E-state index contributed by atoms with van der Waals surface area (Å²) in [5, 5.41) is 0.460. The van der Waals surface area contributed by atoms with Gasteiger partial charge in [0.25, 0.3) is 5.78 Å². The van der Waals surface area contributed by atoms with Crippen LogP contribution < -0.4 is 0 Å². The zero-order valence-electron chi connectivity index (χ0n) is 11.8. The summed E-state index contributed by atoms with van der Waals surface area (Å²) in [5.41, 5.74) is 1.44. The van der Waals surface area contributed by atoms with Gasteiger partial charge in [-0.2, -0.15) is 13.2 Å². The average Bonchev–Trinajstić information content (AvgIpc) is 2.52. The second kappa shape index (κ2) is 7.29. The molecule has 118 valence electrons. The van der Waals surface area contributed by atoms with Crippen LogP contribution in [-0.4, -0.2) is 12.0 Å². The molecule has 0 amide bonds. The minimum atomic E-state index is -4.90. The first-order valence-electron chi connectivity index (χ1n) is 6.68.